The molecular formula is C25H25F3N2O4. The van der Waals surface area contributed by atoms with Gasteiger partial charge >= 0.3 is 12.2 Å². The molecule has 0 saturated heterocycles. The quantitative estimate of drug-likeness (QED) is 0.629. The summed E-state index contributed by atoms with van der Waals surface area (Å²) in [7, 11) is 0. The Morgan fingerprint density at radius 1 is 1.03 bits per heavy atom. The van der Waals surface area contributed by atoms with E-state index in [1.807, 2.05) is 38.2 Å². The van der Waals surface area contributed by atoms with Crippen molar-refractivity contribution in [2.45, 2.75) is 45.7 Å². The maximum Gasteiger partial charge on any atom is 0.416 e. The van der Waals surface area contributed by atoms with E-state index in [2.05, 4.69) is 5.32 Å². The average Bonchev–Trinajstić information content (AvgIpc) is 3.00. The predicted molar refractivity (Wildman–Crippen MR) is 118 cm³/mol. The zero-order chi connectivity index (χ0) is 25.2. The van der Waals surface area contributed by atoms with Gasteiger partial charge in [-0.1, -0.05) is 23.8 Å². The van der Waals surface area contributed by atoms with Crippen LogP contribution in [0.15, 0.2) is 36.4 Å². The summed E-state index contributed by atoms with van der Waals surface area (Å²) in [4.78, 5) is 49.7. The van der Waals surface area contributed by atoms with Crippen LogP contribution in [0.25, 0.3) is 0 Å². The van der Waals surface area contributed by atoms with E-state index < -0.39 is 35.5 Å². The van der Waals surface area contributed by atoms with Gasteiger partial charge in [-0.15, -0.1) is 0 Å². The summed E-state index contributed by atoms with van der Waals surface area (Å²) in [5.74, 6) is -2.71. The van der Waals surface area contributed by atoms with Crippen LogP contribution >= 0.6 is 0 Å². The first-order chi connectivity index (χ1) is 15.9. The number of imide groups is 1. The van der Waals surface area contributed by atoms with Crippen LogP contribution < -0.4 is 10.6 Å². The van der Waals surface area contributed by atoms with E-state index in [1.54, 1.807) is 0 Å². The molecule has 1 aliphatic rings. The molecule has 0 radical (unpaired) electrons. The van der Waals surface area contributed by atoms with Crippen LogP contribution in [0.5, 0.6) is 0 Å². The molecule has 1 fully saturated rings. The summed E-state index contributed by atoms with van der Waals surface area (Å²) < 4.78 is 38.4. The van der Waals surface area contributed by atoms with Gasteiger partial charge in [0.15, 0.2) is 5.78 Å². The molecular weight excluding hydrogens is 449 g/mol. The van der Waals surface area contributed by atoms with Gasteiger partial charge in [0, 0.05) is 24.4 Å². The highest BCUT2D eigenvalue weighted by atomic mass is 19.4. The van der Waals surface area contributed by atoms with Crippen molar-refractivity contribution in [2.75, 3.05) is 6.54 Å². The Kier molecular flexibility index (Phi) is 7.24. The molecule has 0 aromatic heterocycles. The summed E-state index contributed by atoms with van der Waals surface area (Å²) in [5, 5.41) is 4.39. The Bertz CT molecular complexity index is 1130. The van der Waals surface area contributed by atoms with Crippen molar-refractivity contribution in [1.29, 1.82) is 0 Å². The van der Waals surface area contributed by atoms with Crippen molar-refractivity contribution in [3.05, 3.63) is 69.8 Å². The number of Topliss-reactive ketones (excluding diaryl/α,β-unsaturated/α-hetero) is 2. The average molecular weight is 474 g/mol. The predicted octanol–water partition coefficient (Wildman–Crippen LogP) is 4.40. The Labute approximate surface area is 194 Å². The van der Waals surface area contributed by atoms with Crippen molar-refractivity contribution < 1.29 is 32.3 Å². The third-order valence-corrected chi connectivity index (χ3v) is 5.94. The first-order valence-corrected chi connectivity index (χ1v) is 10.8. The number of ketones is 2. The SMILES string of the molecule is Cc1cc(C)c(C2C(=O)CC(CCNC(=O)NC(=O)c3cccc(C(F)(F)F)c3)C2=O)c(C)c1. The molecule has 9 heteroatoms. The molecule has 34 heavy (non-hydrogen) atoms. The van der Waals surface area contributed by atoms with Crippen molar-refractivity contribution in [2.24, 2.45) is 5.92 Å². The molecule has 2 unspecified atom stereocenters. The van der Waals surface area contributed by atoms with Gasteiger partial charge in [0.05, 0.1) is 5.56 Å². The molecule has 1 aliphatic carbocycles. The van der Waals surface area contributed by atoms with Gasteiger partial charge in [0.2, 0.25) is 0 Å². The van der Waals surface area contributed by atoms with Gasteiger partial charge in [-0.3, -0.25) is 19.7 Å². The maximum atomic E-state index is 13.0. The van der Waals surface area contributed by atoms with E-state index in [9.17, 15) is 32.3 Å². The lowest BCUT2D eigenvalue weighted by Crippen LogP contribution is -2.40. The molecule has 0 bridgehead atoms. The first-order valence-electron chi connectivity index (χ1n) is 10.8. The number of rotatable bonds is 5. The van der Waals surface area contributed by atoms with Crippen LogP contribution in [0.1, 0.15) is 56.9 Å². The van der Waals surface area contributed by atoms with Crippen molar-refractivity contribution in [3.63, 3.8) is 0 Å². The molecule has 6 nitrogen and oxygen atoms in total. The number of carbonyl (C=O) groups excluding carboxylic acids is 4. The van der Waals surface area contributed by atoms with Crippen molar-refractivity contribution in [1.82, 2.24) is 10.6 Å². The van der Waals surface area contributed by atoms with E-state index in [0.29, 0.717) is 6.07 Å². The van der Waals surface area contributed by atoms with Crippen LogP contribution in [-0.4, -0.2) is 30.0 Å². The molecule has 0 spiro atoms. The second-order valence-electron chi connectivity index (χ2n) is 8.59. The summed E-state index contributed by atoms with van der Waals surface area (Å²) >= 11 is 0. The maximum absolute atomic E-state index is 13.0. The number of carbonyl (C=O) groups is 4. The summed E-state index contributed by atoms with van der Waals surface area (Å²) in [6.45, 7) is 5.70. The number of amides is 3. The molecule has 0 heterocycles. The lowest BCUT2D eigenvalue weighted by molar-refractivity contribution is -0.137. The summed E-state index contributed by atoms with van der Waals surface area (Å²) in [5.41, 5.74) is 2.24. The van der Waals surface area contributed by atoms with Crippen LogP contribution in [0.4, 0.5) is 18.0 Å². The number of alkyl halides is 3. The van der Waals surface area contributed by atoms with Crippen LogP contribution in [0, 0.1) is 26.7 Å². The highest BCUT2D eigenvalue weighted by Crippen LogP contribution is 2.37. The zero-order valence-electron chi connectivity index (χ0n) is 19.0. The minimum absolute atomic E-state index is 0.0178. The van der Waals surface area contributed by atoms with E-state index >= 15 is 0 Å². The van der Waals surface area contributed by atoms with E-state index in [0.717, 1.165) is 40.5 Å². The van der Waals surface area contributed by atoms with Crippen LogP contribution in [-0.2, 0) is 15.8 Å². The van der Waals surface area contributed by atoms with Crippen molar-refractivity contribution in [3.8, 4) is 0 Å². The van der Waals surface area contributed by atoms with E-state index in [1.165, 1.54) is 0 Å². The van der Waals surface area contributed by atoms with Gasteiger partial charge in [-0.2, -0.15) is 13.2 Å². The number of halogens is 3. The number of urea groups is 1. The van der Waals surface area contributed by atoms with Gasteiger partial charge in [0.25, 0.3) is 5.91 Å². The van der Waals surface area contributed by atoms with E-state index in [-0.39, 0.29) is 36.5 Å². The molecule has 2 aromatic carbocycles. The Morgan fingerprint density at radius 2 is 1.68 bits per heavy atom. The lowest BCUT2D eigenvalue weighted by atomic mass is 9.86. The highest BCUT2D eigenvalue weighted by Gasteiger charge is 2.42. The number of hydrogen-bond donors (Lipinski definition) is 2. The number of aryl methyl sites for hydroxylation is 3. The van der Waals surface area contributed by atoms with Crippen LogP contribution in [0.2, 0.25) is 0 Å². The first kappa shape index (κ1) is 25.1. The third-order valence-electron chi connectivity index (χ3n) is 5.94. The summed E-state index contributed by atoms with van der Waals surface area (Å²) in [6, 6.07) is 6.68. The molecule has 1 saturated carbocycles. The third kappa shape index (κ3) is 5.52. The lowest BCUT2D eigenvalue weighted by Gasteiger charge is -2.16. The molecule has 2 aromatic rings. The second-order valence-corrected chi connectivity index (χ2v) is 8.59. The Hall–Kier alpha value is -3.49. The molecule has 3 rings (SSSR count). The normalized spacial score (nSPS) is 18.2. The van der Waals surface area contributed by atoms with Gasteiger partial charge < -0.3 is 5.32 Å². The van der Waals surface area contributed by atoms with Gasteiger partial charge in [-0.25, -0.2) is 4.79 Å². The fourth-order valence-corrected chi connectivity index (χ4v) is 4.47. The minimum Gasteiger partial charge on any atom is -0.338 e. The standard InChI is InChI=1S/C25H25F3N2O4/c1-13-9-14(2)20(15(3)10-13)21-19(31)12-16(22(21)32)7-8-29-24(34)30-23(33)17-5-4-6-18(11-17)25(26,27)28/h4-6,9-11,16,21H,7-8,12H2,1-3H3,(H2,29,30,33,34). The second kappa shape index (κ2) is 9.79. The fourth-order valence-electron chi connectivity index (χ4n) is 4.47. The topological polar surface area (TPSA) is 92.3 Å². The number of nitrogens with one attached hydrogen (secondary N) is 2. The fraction of sp³-hybridized carbons (Fsp3) is 0.360. The number of benzene rings is 2. The van der Waals surface area contributed by atoms with Gasteiger partial charge in [0.1, 0.15) is 11.7 Å². The molecule has 0 aliphatic heterocycles. The Balaban J connectivity index is 1.56. The van der Waals surface area contributed by atoms with Crippen LogP contribution in [0.3, 0.4) is 0 Å². The molecule has 2 atom stereocenters. The van der Waals surface area contributed by atoms with Gasteiger partial charge in [-0.05, 0) is 62.1 Å². The summed E-state index contributed by atoms with van der Waals surface area (Å²) in [6.07, 6.45) is -4.34. The monoisotopic (exact) mass is 474 g/mol. The van der Waals surface area contributed by atoms with E-state index in [4.69, 9.17) is 0 Å². The smallest absolute Gasteiger partial charge is 0.338 e. The molecule has 2 N–H and O–H groups in total. The Morgan fingerprint density at radius 3 is 2.29 bits per heavy atom. The number of hydrogen-bond acceptors (Lipinski definition) is 4. The molecule has 180 valence electrons. The molecule has 3 amide bonds. The van der Waals surface area contributed by atoms with Crippen molar-refractivity contribution >= 4 is 23.5 Å². The minimum atomic E-state index is -4.61. The highest BCUT2D eigenvalue weighted by molar-refractivity contribution is 6.15. The largest absolute Gasteiger partial charge is 0.416 e. The zero-order valence-corrected chi connectivity index (χ0v) is 19.0.